The number of carbonyl (C=O) groups is 1. The van der Waals surface area contributed by atoms with Crippen molar-refractivity contribution >= 4 is 23.4 Å². The second-order valence-electron chi connectivity index (χ2n) is 4.52. The Hall–Kier alpha value is -2.05. The van der Waals surface area contributed by atoms with Gasteiger partial charge in [-0.25, -0.2) is 0 Å². The van der Waals surface area contributed by atoms with Gasteiger partial charge in [0.2, 0.25) is 5.91 Å². The molecule has 0 aliphatic heterocycles. The molecule has 3 N–H and O–H groups in total. The lowest BCUT2D eigenvalue weighted by Crippen LogP contribution is -2.14. The van der Waals surface area contributed by atoms with Crippen LogP contribution in [0.15, 0.2) is 48.7 Å². The number of rotatable bonds is 8. The SMILES string of the molecule is NCCOc1ccc(NC(=O)CSCc2ccccn2)cc1. The van der Waals surface area contributed by atoms with Crippen molar-refractivity contribution in [3.63, 3.8) is 0 Å². The van der Waals surface area contributed by atoms with E-state index in [-0.39, 0.29) is 5.91 Å². The van der Waals surface area contributed by atoms with Gasteiger partial charge in [0.15, 0.2) is 0 Å². The van der Waals surface area contributed by atoms with E-state index in [1.807, 2.05) is 42.5 Å². The minimum absolute atomic E-state index is 0.0310. The maximum atomic E-state index is 11.9. The third kappa shape index (κ3) is 5.75. The topological polar surface area (TPSA) is 77.2 Å². The van der Waals surface area contributed by atoms with Gasteiger partial charge in [-0.3, -0.25) is 9.78 Å². The average Bonchev–Trinajstić information content (AvgIpc) is 2.55. The number of nitrogens with zero attached hydrogens (tertiary/aromatic N) is 1. The quantitative estimate of drug-likeness (QED) is 0.781. The van der Waals surface area contributed by atoms with E-state index in [1.54, 1.807) is 6.20 Å². The molecule has 0 unspecified atom stereocenters. The second kappa shape index (κ2) is 9.07. The largest absolute Gasteiger partial charge is 0.492 e. The summed E-state index contributed by atoms with van der Waals surface area (Å²) in [5.74, 6) is 1.83. The molecular formula is C16H19N3O2S. The van der Waals surface area contributed by atoms with Crippen LogP contribution in [-0.2, 0) is 10.5 Å². The Labute approximate surface area is 134 Å². The predicted molar refractivity (Wildman–Crippen MR) is 90.0 cm³/mol. The van der Waals surface area contributed by atoms with Gasteiger partial charge in [-0.05, 0) is 36.4 Å². The highest BCUT2D eigenvalue weighted by atomic mass is 32.2. The minimum atomic E-state index is -0.0310. The summed E-state index contributed by atoms with van der Waals surface area (Å²) < 4.78 is 5.38. The molecule has 1 aromatic heterocycles. The van der Waals surface area contributed by atoms with Gasteiger partial charge in [0.05, 0.1) is 11.4 Å². The molecule has 0 radical (unpaired) electrons. The number of hydrogen-bond acceptors (Lipinski definition) is 5. The number of hydrogen-bond donors (Lipinski definition) is 2. The van der Waals surface area contributed by atoms with Crippen LogP contribution < -0.4 is 15.8 Å². The summed E-state index contributed by atoms with van der Waals surface area (Å²) in [7, 11) is 0. The van der Waals surface area contributed by atoms with Crippen LogP contribution in [0.5, 0.6) is 5.75 Å². The maximum Gasteiger partial charge on any atom is 0.234 e. The van der Waals surface area contributed by atoms with Gasteiger partial charge in [-0.1, -0.05) is 6.07 Å². The van der Waals surface area contributed by atoms with E-state index in [9.17, 15) is 4.79 Å². The molecule has 0 aliphatic rings. The predicted octanol–water partition coefficient (Wildman–Crippen LogP) is 2.29. The highest BCUT2D eigenvalue weighted by Crippen LogP contribution is 2.16. The lowest BCUT2D eigenvalue weighted by atomic mass is 10.3. The Kier molecular flexibility index (Phi) is 6.73. The van der Waals surface area contributed by atoms with E-state index in [2.05, 4.69) is 10.3 Å². The summed E-state index contributed by atoms with van der Waals surface area (Å²) in [5, 5.41) is 2.85. The summed E-state index contributed by atoms with van der Waals surface area (Å²) in [5.41, 5.74) is 7.10. The number of amides is 1. The monoisotopic (exact) mass is 317 g/mol. The van der Waals surface area contributed by atoms with Gasteiger partial charge in [-0.15, -0.1) is 11.8 Å². The van der Waals surface area contributed by atoms with E-state index < -0.39 is 0 Å². The zero-order chi connectivity index (χ0) is 15.6. The lowest BCUT2D eigenvalue weighted by molar-refractivity contribution is -0.113. The Morgan fingerprint density at radius 3 is 2.73 bits per heavy atom. The van der Waals surface area contributed by atoms with Crippen LogP contribution in [0, 0.1) is 0 Å². The van der Waals surface area contributed by atoms with E-state index in [1.165, 1.54) is 11.8 Å². The molecule has 0 saturated heterocycles. The molecule has 116 valence electrons. The van der Waals surface area contributed by atoms with Gasteiger partial charge < -0.3 is 15.8 Å². The van der Waals surface area contributed by atoms with Crippen molar-refractivity contribution in [2.45, 2.75) is 5.75 Å². The van der Waals surface area contributed by atoms with Crippen molar-refractivity contribution in [1.29, 1.82) is 0 Å². The van der Waals surface area contributed by atoms with Gasteiger partial charge >= 0.3 is 0 Å². The van der Waals surface area contributed by atoms with Crippen LogP contribution in [0.4, 0.5) is 5.69 Å². The molecule has 22 heavy (non-hydrogen) atoms. The van der Waals surface area contributed by atoms with Crippen molar-refractivity contribution in [3.8, 4) is 5.75 Å². The second-order valence-corrected chi connectivity index (χ2v) is 5.51. The number of carbonyl (C=O) groups excluding carboxylic acids is 1. The summed E-state index contributed by atoms with van der Waals surface area (Å²) in [6, 6.07) is 13.0. The smallest absolute Gasteiger partial charge is 0.234 e. The minimum Gasteiger partial charge on any atom is -0.492 e. The zero-order valence-corrected chi connectivity index (χ0v) is 13.0. The molecule has 2 aromatic rings. The summed E-state index contributed by atoms with van der Waals surface area (Å²) in [4.78, 5) is 16.1. The Balaban J connectivity index is 1.72. The van der Waals surface area contributed by atoms with Crippen LogP contribution in [-0.4, -0.2) is 29.8 Å². The highest BCUT2D eigenvalue weighted by molar-refractivity contribution is 7.99. The number of ether oxygens (including phenoxy) is 1. The Bertz CT molecular complexity index is 576. The fraction of sp³-hybridized carbons (Fsp3) is 0.250. The molecule has 0 aliphatic carbocycles. The van der Waals surface area contributed by atoms with Crippen molar-refractivity contribution in [3.05, 3.63) is 54.4 Å². The molecule has 1 amide bonds. The number of thioether (sulfide) groups is 1. The van der Waals surface area contributed by atoms with Gasteiger partial charge in [0.25, 0.3) is 0 Å². The third-order valence-electron chi connectivity index (χ3n) is 2.73. The van der Waals surface area contributed by atoms with E-state index >= 15 is 0 Å². The van der Waals surface area contributed by atoms with Gasteiger partial charge in [0, 0.05) is 24.2 Å². The molecule has 6 heteroatoms. The number of aromatic nitrogens is 1. The summed E-state index contributed by atoms with van der Waals surface area (Å²) >= 11 is 1.53. The molecule has 1 aromatic carbocycles. The molecular weight excluding hydrogens is 298 g/mol. The fourth-order valence-corrected chi connectivity index (χ4v) is 2.48. The van der Waals surface area contributed by atoms with Gasteiger partial charge in [-0.2, -0.15) is 0 Å². The van der Waals surface area contributed by atoms with E-state index in [4.69, 9.17) is 10.5 Å². The lowest BCUT2D eigenvalue weighted by Gasteiger charge is -2.07. The highest BCUT2D eigenvalue weighted by Gasteiger charge is 2.04. The van der Waals surface area contributed by atoms with Crippen molar-refractivity contribution < 1.29 is 9.53 Å². The van der Waals surface area contributed by atoms with Crippen molar-refractivity contribution in [2.24, 2.45) is 5.73 Å². The first kappa shape index (κ1) is 16.3. The number of pyridine rings is 1. The molecule has 0 spiro atoms. The molecule has 1 heterocycles. The first-order valence-corrected chi connectivity index (χ1v) is 8.14. The van der Waals surface area contributed by atoms with E-state index in [0.29, 0.717) is 18.9 Å². The van der Waals surface area contributed by atoms with Crippen molar-refractivity contribution in [1.82, 2.24) is 4.98 Å². The van der Waals surface area contributed by atoms with Crippen LogP contribution in [0.2, 0.25) is 0 Å². The summed E-state index contributed by atoms with van der Waals surface area (Å²) in [6.07, 6.45) is 1.75. The zero-order valence-electron chi connectivity index (χ0n) is 12.2. The number of benzene rings is 1. The Morgan fingerprint density at radius 1 is 1.23 bits per heavy atom. The van der Waals surface area contributed by atoms with Crippen LogP contribution >= 0.6 is 11.8 Å². The summed E-state index contributed by atoms with van der Waals surface area (Å²) in [6.45, 7) is 0.960. The molecule has 2 rings (SSSR count). The van der Waals surface area contributed by atoms with Crippen LogP contribution in [0.3, 0.4) is 0 Å². The number of nitrogens with two attached hydrogens (primary N) is 1. The first-order chi connectivity index (χ1) is 10.8. The molecule has 0 atom stereocenters. The fourth-order valence-electron chi connectivity index (χ4n) is 1.74. The first-order valence-electron chi connectivity index (χ1n) is 6.98. The number of nitrogens with one attached hydrogen (secondary N) is 1. The van der Waals surface area contributed by atoms with E-state index in [0.717, 1.165) is 22.9 Å². The van der Waals surface area contributed by atoms with Crippen LogP contribution in [0.25, 0.3) is 0 Å². The molecule has 5 nitrogen and oxygen atoms in total. The standard InChI is InChI=1S/C16H19N3O2S/c17-8-10-21-15-6-4-13(5-7-15)19-16(20)12-22-11-14-3-1-2-9-18-14/h1-7,9H,8,10-12,17H2,(H,19,20). The average molecular weight is 317 g/mol. The van der Waals surface area contributed by atoms with Gasteiger partial charge in [0.1, 0.15) is 12.4 Å². The molecule has 0 fully saturated rings. The normalized spacial score (nSPS) is 10.2. The van der Waals surface area contributed by atoms with Crippen LogP contribution in [0.1, 0.15) is 5.69 Å². The maximum absolute atomic E-state index is 11.9. The third-order valence-corrected chi connectivity index (χ3v) is 3.70. The number of anilines is 1. The molecule has 0 saturated carbocycles. The van der Waals surface area contributed by atoms with Crippen molar-refractivity contribution in [2.75, 3.05) is 24.2 Å². The Morgan fingerprint density at radius 2 is 2.05 bits per heavy atom. The molecule has 0 bridgehead atoms.